The van der Waals surface area contributed by atoms with Gasteiger partial charge in [0.25, 0.3) is 0 Å². The third-order valence-electron chi connectivity index (χ3n) is 3.85. The van der Waals surface area contributed by atoms with Crippen LogP contribution in [0, 0.1) is 11.3 Å². The van der Waals surface area contributed by atoms with Crippen molar-refractivity contribution in [2.75, 3.05) is 0 Å². The SMILES string of the molecule is C=C(C)CC(C)(CC)C1CCCC1.CC. The van der Waals surface area contributed by atoms with E-state index in [2.05, 4.69) is 27.4 Å². The van der Waals surface area contributed by atoms with Gasteiger partial charge in [-0.3, -0.25) is 0 Å². The number of hydrogen-bond acceptors (Lipinski definition) is 0. The monoisotopic (exact) mass is 210 g/mol. The normalized spacial score (nSPS) is 20.3. The van der Waals surface area contributed by atoms with Crippen LogP contribution >= 0.6 is 0 Å². The van der Waals surface area contributed by atoms with Crippen LogP contribution in [0.3, 0.4) is 0 Å². The molecule has 0 nitrogen and oxygen atoms in total. The summed E-state index contributed by atoms with van der Waals surface area (Å²) in [5.41, 5.74) is 1.90. The molecule has 1 atom stereocenters. The first kappa shape index (κ1) is 14.7. The Morgan fingerprint density at radius 2 is 1.73 bits per heavy atom. The molecule has 0 aromatic rings. The lowest BCUT2D eigenvalue weighted by Crippen LogP contribution is -2.25. The Balaban J connectivity index is 0.000000921. The Hall–Kier alpha value is -0.260. The van der Waals surface area contributed by atoms with Crippen molar-refractivity contribution in [3.05, 3.63) is 12.2 Å². The first-order chi connectivity index (χ1) is 7.08. The summed E-state index contributed by atoms with van der Waals surface area (Å²) in [5, 5.41) is 0. The molecule has 0 N–H and O–H groups in total. The molecule has 1 saturated carbocycles. The Labute approximate surface area is 97.2 Å². The smallest absolute Gasteiger partial charge is 0.0263 e. The van der Waals surface area contributed by atoms with Crippen LogP contribution in [-0.2, 0) is 0 Å². The van der Waals surface area contributed by atoms with E-state index in [1.807, 2.05) is 13.8 Å². The zero-order valence-corrected chi connectivity index (χ0v) is 11.5. The van der Waals surface area contributed by atoms with E-state index < -0.39 is 0 Å². The summed E-state index contributed by atoms with van der Waals surface area (Å²) in [6.07, 6.45) is 8.36. The van der Waals surface area contributed by atoms with Gasteiger partial charge in [0.05, 0.1) is 0 Å². The molecule has 0 bridgehead atoms. The molecule has 1 rings (SSSR count). The minimum Gasteiger partial charge on any atom is -0.100 e. The van der Waals surface area contributed by atoms with Crippen LogP contribution in [-0.4, -0.2) is 0 Å². The standard InChI is InChI=1S/C13H24.C2H6/c1-5-13(4,10-11(2)3)12-8-6-7-9-12;1-2/h12H,2,5-10H2,1,3-4H3;1-2H3. The van der Waals surface area contributed by atoms with E-state index >= 15 is 0 Å². The highest BCUT2D eigenvalue weighted by atomic mass is 14.4. The predicted molar refractivity (Wildman–Crippen MR) is 71.1 cm³/mol. The molecule has 0 aromatic carbocycles. The maximum atomic E-state index is 4.06. The second-order valence-corrected chi connectivity index (χ2v) is 5.12. The topological polar surface area (TPSA) is 0 Å². The van der Waals surface area contributed by atoms with Crippen LogP contribution in [0.1, 0.15) is 73.1 Å². The minimum atomic E-state index is 0.544. The molecule has 1 fully saturated rings. The van der Waals surface area contributed by atoms with Gasteiger partial charge >= 0.3 is 0 Å². The van der Waals surface area contributed by atoms with Crippen molar-refractivity contribution in [2.24, 2.45) is 11.3 Å². The second-order valence-electron chi connectivity index (χ2n) is 5.12. The number of hydrogen-bond donors (Lipinski definition) is 0. The molecule has 90 valence electrons. The van der Waals surface area contributed by atoms with Crippen molar-refractivity contribution in [3.63, 3.8) is 0 Å². The molecule has 0 amide bonds. The number of rotatable bonds is 4. The molecule has 1 unspecified atom stereocenters. The van der Waals surface area contributed by atoms with Crippen molar-refractivity contribution >= 4 is 0 Å². The van der Waals surface area contributed by atoms with Gasteiger partial charge in [-0.15, -0.1) is 6.58 Å². The highest BCUT2D eigenvalue weighted by molar-refractivity contribution is 4.98. The largest absolute Gasteiger partial charge is 0.100 e. The summed E-state index contributed by atoms with van der Waals surface area (Å²) in [6.45, 7) is 15.0. The quantitative estimate of drug-likeness (QED) is 0.531. The average Bonchev–Trinajstić information content (AvgIpc) is 2.73. The average molecular weight is 210 g/mol. The van der Waals surface area contributed by atoms with Gasteiger partial charge in [0.1, 0.15) is 0 Å². The molecule has 1 aliphatic rings. The Kier molecular flexibility index (Phi) is 6.96. The Morgan fingerprint density at radius 3 is 2.07 bits per heavy atom. The second kappa shape index (κ2) is 7.09. The van der Waals surface area contributed by atoms with Crippen LogP contribution in [0.25, 0.3) is 0 Å². The molecule has 0 aromatic heterocycles. The summed E-state index contributed by atoms with van der Waals surface area (Å²) in [5.74, 6) is 0.967. The molecular formula is C15H30. The molecule has 0 saturated heterocycles. The summed E-state index contributed by atoms with van der Waals surface area (Å²) in [6, 6.07) is 0. The van der Waals surface area contributed by atoms with Crippen LogP contribution in [0.5, 0.6) is 0 Å². The number of allylic oxidation sites excluding steroid dienone is 1. The molecule has 0 heterocycles. The summed E-state index contributed by atoms with van der Waals surface area (Å²) in [7, 11) is 0. The zero-order chi connectivity index (χ0) is 11.9. The summed E-state index contributed by atoms with van der Waals surface area (Å²) < 4.78 is 0. The maximum absolute atomic E-state index is 4.06. The van der Waals surface area contributed by atoms with Gasteiger partial charge < -0.3 is 0 Å². The van der Waals surface area contributed by atoms with Gasteiger partial charge in [-0.05, 0) is 37.5 Å². The van der Waals surface area contributed by atoms with Crippen molar-refractivity contribution in [2.45, 2.75) is 73.1 Å². The highest BCUT2D eigenvalue weighted by Gasteiger charge is 2.33. The van der Waals surface area contributed by atoms with Gasteiger partial charge in [-0.1, -0.05) is 52.5 Å². The highest BCUT2D eigenvalue weighted by Crippen LogP contribution is 2.45. The Morgan fingerprint density at radius 1 is 1.27 bits per heavy atom. The third kappa shape index (κ3) is 4.40. The van der Waals surface area contributed by atoms with Crippen molar-refractivity contribution < 1.29 is 0 Å². The molecule has 1 aliphatic carbocycles. The van der Waals surface area contributed by atoms with E-state index in [-0.39, 0.29) is 0 Å². The molecule has 0 spiro atoms. The summed E-state index contributed by atoms with van der Waals surface area (Å²) in [4.78, 5) is 0. The molecule has 0 heteroatoms. The fourth-order valence-corrected chi connectivity index (χ4v) is 2.87. The van der Waals surface area contributed by atoms with Crippen LogP contribution in [0.15, 0.2) is 12.2 Å². The lowest BCUT2D eigenvalue weighted by molar-refractivity contribution is 0.179. The molecule has 0 aliphatic heterocycles. The molecule has 15 heavy (non-hydrogen) atoms. The fraction of sp³-hybridized carbons (Fsp3) is 0.867. The van der Waals surface area contributed by atoms with Gasteiger partial charge in [0, 0.05) is 0 Å². The van der Waals surface area contributed by atoms with E-state index in [1.165, 1.54) is 44.1 Å². The zero-order valence-electron chi connectivity index (χ0n) is 11.5. The minimum absolute atomic E-state index is 0.544. The molecular weight excluding hydrogens is 180 g/mol. The molecule has 0 radical (unpaired) electrons. The van der Waals surface area contributed by atoms with E-state index in [4.69, 9.17) is 0 Å². The van der Waals surface area contributed by atoms with Gasteiger partial charge in [-0.2, -0.15) is 0 Å². The lowest BCUT2D eigenvalue weighted by atomic mass is 9.70. The van der Waals surface area contributed by atoms with Crippen molar-refractivity contribution in [3.8, 4) is 0 Å². The van der Waals surface area contributed by atoms with E-state index in [0.29, 0.717) is 5.41 Å². The maximum Gasteiger partial charge on any atom is -0.0263 e. The first-order valence-corrected chi connectivity index (χ1v) is 6.73. The summed E-state index contributed by atoms with van der Waals surface area (Å²) >= 11 is 0. The lowest BCUT2D eigenvalue weighted by Gasteiger charge is -2.35. The van der Waals surface area contributed by atoms with Crippen LogP contribution in [0.2, 0.25) is 0 Å². The van der Waals surface area contributed by atoms with Crippen LogP contribution in [0.4, 0.5) is 0 Å². The predicted octanol–water partition coefficient (Wildman–Crippen LogP) is 5.59. The van der Waals surface area contributed by atoms with Gasteiger partial charge in [-0.25, -0.2) is 0 Å². The van der Waals surface area contributed by atoms with Crippen LogP contribution < -0.4 is 0 Å². The van der Waals surface area contributed by atoms with Gasteiger partial charge in [0.15, 0.2) is 0 Å². The van der Waals surface area contributed by atoms with Crippen molar-refractivity contribution in [1.82, 2.24) is 0 Å². The Bertz CT molecular complexity index is 174. The van der Waals surface area contributed by atoms with Gasteiger partial charge in [0.2, 0.25) is 0 Å². The van der Waals surface area contributed by atoms with E-state index in [0.717, 1.165) is 5.92 Å². The van der Waals surface area contributed by atoms with E-state index in [1.54, 1.807) is 0 Å². The van der Waals surface area contributed by atoms with E-state index in [9.17, 15) is 0 Å². The third-order valence-corrected chi connectivity index (χ3v) is 3.85. The fourth-order valence-electron chi connectivity index (χ4n) is 2.87. The first-order valence-electron chi connectivity index (χ1n) is 6.73. The van der Waals surface area contributed by atoms with Crippen molar-refractivity contribution in [1.29, 1.82) is 0 Å².